The Hall–Kier alpha value is -2.08. The molecule has 20 heavy (non-hydrogen) atoms. The van der Waals surface area contributed by atoms with E-state index in [-0.39, 0.29) is 25.5 Å². The first kappa shape index (κ1) is 14.3. The van der Waals surface area contributed by atoms with Crippen molar-refractivity contribution in [2.75, 3.05) is 11.4 Å². The van der Waals surface area contributed by atoms with Crippen molar-refractivity contribution in [1.29, 1.82) is 0 Å². The van der Waals surface area contributed by atoms with Crippen LogP contribution in [0.2, 0.25) is 0 Å². The summed E-state index contributed by atoms with van der Waals surface area (Å²) < 4.78 is 5.66. The molecule has 0 fully saturated rings. The number of carboxylic acids is 1. The Bertz CT molecular complexity index is 552. The van der Waals surface area contributed by atoms with Crippen LogP contribution in [0.3, 0.4) is 0 Å². The monoisotopic (exact) mass is 279 g/mol. The Balaban J connectivity index is 2.40. The van der Waals surface area contributed by atoms with Gasteiger partial charge in [0, 0.05) is 6.54 Å². The molecule has 1 amide bonds. The summed E-state index contributed by atoms with van der Waals surface area (Å²) >= 11 is 0. The fourth-order valence-electron chi connectivity index (χ4n) is 2.14. The molecule has 1 aliphatic heterocycles. The van der Waals surface area contributed by atoms with Crippen LogP contribution in [0.4, 0.5) is 5.69 Å². The van der Waals surface area contributed by atoms with Crippen LogP contribution in [0.15, 0.2) is 18.2 Å². The van der Waals surface area contributed by atoms with E-state index in [4.69, 9.17) is 14.9 Å². The lowest BCUT2D eigenvalue weighted by molar-refractivity contribution is -0.137. The number of anilines is 1. The molecule has 1 aliphatic rings. The molecule has 6 nitrogen and oxygen atoms in total. The van der Waals surface area contributed by atoms with E-state index in [1.54, 1.807) is 32.0 Å². The predicted octanol–water partition coefficient (Wildman–Crippen LogP) is 1.16. The Labute approximate surface area is 116 Å². The van der Waals surface area contributed by atoms with Crippen molar-refractivity contribution in [2.24, 2.45) is 0 Å². The second kappa shape index (κ2) is 5.13. The van der Waals surface area contributed by atoms with Gasteiger partial charge < -0.3 is 19.8 Å². The highest BCUT2D eigenvalue weighted by Crippen LogP contribution is 2.38. The lowest BCUT2D eigenvalue weighted by Gasteiger charge is -2.38. The zero-order valence-corrected chi connectivity index (χ0v) is 11.4. The number of hydrogen-bond acceptors (Lipinski definition) is 4. The summed E-state index contributed by atoms with van der Waals surface area (Å²) in [6.07, 6.45) is -0.136. The SMILES string of the molecule is CC1(C)Oc2cc(CO)ccc2N(CCC(=O)O)C1=O. The van der Waals surface area contributed by atoms with E-state index in [0.29, 0.717) is 17.0 Å². The van der Waals surface area contributed by atoms with Crippen LogP contribution < -0.4 is 9.64 Å². The molecule has 2 N–H and O–H groups in total. The first-order chi connectivity index (χ1) is 9.35. The number of nitrogens with zero attached hydrogens (tertiary/aromatic N) is 1. The summed E-state index contributed by atoms with van der Waals surface area (Å²) in [4.78, 5) is 24.5. The topological polar surface area (TPSA) is 87.1 Å². The standard InChI is InChI=1S/C14H17NO5/c1-14(2)13(19)15(6-5-12(17)18)10-4-3-9(8-16)7-11(10)20-14/h3-4,7,16H,5-6,8H2,1-2H3,(H,17,18). The number of aliphatic hydroxyl groups excluding tert-OH is 1. The molecular formula is C14H17NO5. The maximum Gasteiger partial charge on any atom is 0.305 e. The number of benzene rings is 1. The number of carboxylic acid groups (broad SMARTS) is 1. The zero-order chi connectivity index (χ0) is 14.9. The largest absolute Gasteiger partial charge is 0.481 e. The number of rotatable bonds is 4. The van der Waals surface area contributed by atoms with Gasteiger partial charge in [0.1, 0.15) is 5.75 Å². The van der Waals surface area contributed by atoms with E-state index < -0.39 is 11.6 Å². The molecule has 0 radical (unpaired) electrons. The number of aliphatic carboxylic acids is 1. The van der Waals surface area contributed by atoms with E-state index in [0.717, 1.165) is 0 Å². The van der Waals surface area contributed by atoms with Gasteiger partial charge in [-0.2, -0.15) is 0 Å². The molecule has 0 atom stereocenters. The minimum Gasteiger partial charge on any atom is -0.481 e. The fraction of sp³-hybridized carbons (Fsp3) is 0.429. The van der Waals surface area contributed by atoms with Gasteiger partial charge in [0.25, 0.3) is 5.91 Å². The van der Waals surface area contributed by atoms with Crippen LogP contribution in [0, 0.1) is 0 Å². The van der Waals surface area contributed by atoms with Crippen LogP contribution in [0.25, 0.3) is 0 Å². The number of aliphatic hydroxyl groups is 1. The van der Waals surface area contributed by atoms with Gasteiger partial charge in [-0.15, -0.1) is 0 Å². The average Bonchev–Trinajstić information content (AvgIpc) is 2.38. The third-order valence-electron chi connectivity index (χ3n) is 3.17. The van der Waals surface area contributed by atoms with E-state index >= 15 is 0 Å². The molecule has 2 rings (SSSR count). The summed E-state index contributed by atoms with van der Waals surface area (Å²) in [7, 11) is 0. The van der Waals surface area contributed by atoms with E-state index in [1.165, 1.54) is 4.90 Å². The number of fused-ring (bicyclic) bond motifs is 1. The maximum absolute atomic E-state index is 12.3. The van der Waals surface area contributed by atoms with Gasteiger partial charge in [0.2, 0.25) is 0 Å². The molecule has 0 saturated carbocycles. The van der Waals surface area contributed by atoms with Crippen molar-refractivity contribution in [3.8, 4) is 5.75 Å². The van der Waals surface area contributed by atoms with Crippen LogP contribution in [-0.2, 0) is 16.2 Å². The highest BCUT2D eigenvalue weighted by atomic mass is 16.5. The Kier molecular flexibility index (Phi) is 3.67. The van der Waals surface area contributed by atoms with Gasteiger partial charge in [-0.3, -0.25) is 9.59 Å². The maximum atomic E-state index is 12.3. The molecule has 6 heteroatoms. The van der Waals surface area contributed by atoms with Crippen LogP contribution in [0.5, 0.6) is 5.75 Å². The minimum atomic E-state index is -1.06. The van der Waals surface area contributed by atoms with Crippen molar-refractivity contribution < 1.29 is 24.5 Å². The first-order valence-corrected chi connectivity index (χ1v) is 6.31. The fourth-order valence-corrected chi connectivity index (χ4v) is 2.14. The van der Waals surface area contributed by atoms with Crippen LogP contribution in [-0.4, -0.2) is 34.2 Å². The summed E-state index contributed by atoms with van der Waals surface area (Å²) in [5, 5.41) is 17.9. The van der Waals surface area contributed by atoms with E-state index in [9.17, 15) is 9.59 Å². The number of ether oxygens (including phenoxy) is 1. The molecule has 1 aromatic rings. The molecule has 0 aliphatic carbocycles. The Morgan fingerprint density at radius 2 is 2.10 bits per heavy atom. The molecule has 0 unspecified atom stereocenters. The summed E-state index contributed by atoms with van der Waals surface area (Å²) in [6.45, 7) is 3.24. The summed E-state index contributed by atoms with van der Waals surface area (Å²) in [5.41, 5.74) is 0.152. The van der Waals surface area contributed by atoms with Crippen LogP contribution >= 0.6 is 0 Å². The molecule has 0 bridgehead atoms. The van der Waals surface area contributed by atoms with Gasteiger partial charge in [0.05, 0.1) is 18.7 Å². The van der Waals surface area contributed by atoms with Gasteiger partial charge in [-0.05, 0) is 31.5 Å². The highest BCUT2D eigenvalue weighted by molar-refractivity contribution is 6.02. The van der Waals surface area contributed by atoms with E-state index in [1.807, 2.05) is 0 Å². The van der Waals surface area contributed by atoms with Gasteiger partial charge >= 0.3 is 5.97 Å². The predicted molar refractivity (Wildman–Crippen MR) is 71.7 cm³/mol. The molecule has 1 heterocycles. The highest BCUT2D eigenvalue weighted by Gasteiger charge is 2.40. The van der Waals surface area contributed by atoms with Gasteiger partial charge in [-0.25, -0.2) is 0 Å². The van der Waals surface area contributed by atoms with Gasteiger partial charge in [0.15, 0.2) is 5.60 Å². The Morgan fingerprint density at radius 1 is 1.40 bits per heavy atom. The number of amides is 1. The number of hydrogen-bond donors (Lipinski definition) is 2. The number of carbonyl (C=O) groups excluding carboxylic acids is 1. The molecule has 0 spiro atoms. The second-order valence-electron chi connectivity index (χ2n) is 5.17. The smallest absolute Gasteiger partial charge is 0.305 e. The molecule has 108 valence electrons. The zero-order valence-electron chi connectivity index (χ0n) is 11.4. The lowest BCUT2D eigenvalue weighted by Crippen LogP contribution is -2.53. The number of carbonyl (C=O) groups is 2. The summed E-state index contributed by atoms with van der Waals surface area (Å²) in [6, 6.07) is 5.01. The molecule has 0 saturated heterocycles. The van der Waals surface area contributed by atoms with E-state index in [2.05, 4.69) is 0 Å². The third-order valence-corrected chi connectivity index (χ3v) is 3.17. The van der Waals surface area contributed by atoms with Crippen molar-refractivity contribution in [1.82, 2.24) is 0 Å². The van der Waals surface area contributed by atoms with Crippen molar-refractivity contribution in [2.45, 2.75) is 32.5 Å². The minimum absolute atomic E-state index is 0.0897. The van der Waals surface area contributed by atoms with Crippen molar-refractivity contribution in [3.05, 3.63) is 23.8 Å². The average molecular weight is 279 g/mol. The summed E-state index contributed by atoms with van der Waals surface area (Å²) in [5.74, 6) is -0.759. The third kappa shape index (κ3) is 2.60. The van der Waals surface area contributed by atoms with Crippen LogP contribution in [0.1, 0.15) is 25.8 Å². The molecule has 0 aromatic heterocycles. The normalized spacial score (nSPS) is 16.6. The Morgan fingerprint density at radius 3 is 2.70 bits per heavy atom. The van der Waals surface area contributed by atoms with Crippen molar-refractivity contribution >= 4 is 17.6 Å². The first-order valence-electron chi connectivity index (χ1n) is 6.31. The lowest BCUT2D eigenvalue weighted by atomic mass is 10.0. The quantitative estimate of drug-likeness (QED) is 0.863. The molecular weight excluding hydrogens is 262 g/mol. The van der Waals surface area contributed by atoms with Gasteiger partial charge in [-0.1, -0.05) is 6.07 Å². The van der Waals surface area contributed by atoms with Crippen molar-refractivity contribution in [3.63, 3.8) is 0 Å². The second-order valence-corrected chi connectivity index (χ2v) is 5.17. The molecule has 1 aromatic carbocycles.